The average Bonchev–Trinajstić information content (AvgIpc) is 3.28. The quantitative estimate of drug-likeness (QED) is 0.513. The number of nitrogens with zero attached hydrogens (tertiary/aromatic N) is 2. The van der Waals surface area contributed by atoms with E-state index in [-0.39, 0.29) is 31.1 Å². The van der Waals surface area contributed by atoms with Crippen molar-refractivity contribution in [2.75, 3.05) is 18.5 Å². The van der Waals surface area contributed by atoms with Gasteiger partial charge in [0.15, 0.2) is 11.8 Å². The second-order valence-electron chi connectivity index (χ2n) is 7.65. The number of amides is 1. The van der Waals surface area contributed by atoms with E-state index in [9.17, 15) is 9.59 Å². The van der Waals surface area contributed by atoms with E-state index in [1.54, 1.807) is 37.3 Å². The molecule has 2 aromatic rings. The van der Waals surface area contributed by atoms with Gasteiger partial charge in [-0.05, 0) is 61.6 Å². The number of carbonyl (C=O) groups excluding carboxylic acids is 2. The monoisotopic (exact) mass is 497 g/mol. The maximum atomic E-state index is 12.7. The van der Waals surface area contributed by atoms with Crippen LogP contribution in [0.2, 0.25) is 5.02 Å². The highest BCUT2D eigenvalue weighted by atomic mass is 35.5. The molecular formula is C25H24ClN3O4S. The summed E-state index contributed by atoms with van der Waals surface area (Å²) in [6.45, 7) is 5.58. The summed E-state index contributed by atoms with van der Waals surface area (Å²) >= 11 is 7.61. The summed E-state index contributed by atoms with van der Waals surface area (Å²) in [4.78, 5) is 31.6. The van der Waals surface area contributed by atoms with Crippen LogP contribution in [-0.2, 0) is 14.3 Å². The molecule has 176 valence electrons. The number of nitrogens with one attached hydrogen (secondary N) is 1. The molecule has 4 rings (SSSR count). The number of benzene rings is 2. The lowest BCUT2D eigenvalue weighted by Crippen LogP contribution is -2.34. The van der Waals surface area contributed by atoms with Gasteiger partial charge in [-0.15, -0.1) is 0 Å². The van der Waals surface area contributed by atoms with Crippen LogP contribution in [0.4, 0.5) is 5.69 Å². The predicted molar refractivity (Wildman–Crippen MR) is 135 cm³/mol. The van der Waals surface area contributed by atoms with Gasteiger partial charge in [-0.1, -0.05) is 41.6 Å². The number of hydrogen-bond donors (Lipinski definition) is 1. The van der Waals surface area contributed by atoms with Gasteiger partial charge in [0, 0.05) is 16.9 Å². The molecule has 9 heteroatoms. The number of aliphatic imine (C=N–C) groups is 1. The normalized spacial score (nSPS) is 16.8. The Morgan fingerprint density at radius 3 is 2.68 bits per heavy atom. The van der Waals surface area contributed by atoms with E-state index < -0.39 is 0 Å². The number of allylic oxidation sites excluding steroid dienone is 1. The third-order valence-electron chi connectivity index (χ3n) is 5.42. The third kappa shape index (κ3) is 4.98. The molecule has 0 aliphatic carbocycles. The third-order valence-corrected chi connectivity index (χ3v) is 6.60. The van der Waals surface area contributed by atoms with Gasteiger partial charge >= 0.3 is 5.97 Å². The molecule has 0 bridgehead atoms. The van der Waals surface area contributed by atoms with Gasteiger partial charge in [-0.3, -0.25) is 4.79 Å². The summed E-state index contributed by atoms with van der Waals surface area (Å²) in [5, 5.41) is 6.14. The van der Waals surface area contributed by atoms with Crippen LogP contribution in [-0.4, -0.2) is 35.2 Å². The zero-order chi connectivity index (χ0) is 24.2. The second-order valence-corrected chi connectivity index (χ2v) is 8.93. The number of anilines is 1. The van der Waals surface area contributed by atoms with Crippen molar-refractivity contribution in [1.29, 1.82) is 0 Å². The zero-order valence-electron chi connectivity index (χ0n) is 19.0. The van der Waals surface area contributed by atoms with Crippen molar-refractivity contribution in [3.63, 3.8) is 0 Å². The van der Waals surface area contributed by atoms with Crippen molar-refractivity contribution in [2.45, 2.75) is 26.8 Å². The Morgan fingerprint density at radius 1 is 1.18 bits per heavy atom. The molecule has 0 radical (unpaired) electrons. The Balaban J connectivity index is 1.47. The van der Waals surface area contributed by atoms with Crippen LogP contribution in [0, 0.1) is 6.92 Å². The molecule has 1 N–H and O–H groups in total. The van der Waals surface area contributed by atoms with E-state index >= 15 is 0 Å². The smallest absolute Gasteiger partial charge is 0.338 e. The first-order chi connectivity index (χ1) is 16.4. The van der Waals surface area contributed by atoms with Crippen LogP contribution in [0.15, 0.2) is 70.3 Å². The van der Waals surface area contributed by atoms with E-state index in [2.05, 4.69) is 10.3 Å². The standard InChI is InChI=1S/C25H24ClN3O4S/c1-4-32-24(31)22-16(3)27-25-29(12-13-34-25)23(22)17-8-10-18(11-9-17)33-14-21(30)28-20-7-5-6-19(26)15(20)2/h5-13,23H,4,14H2,1-3H3,(H,28,30). The van der Waals surface area contributed by atoms with E-state index in [0.717, 1.165) is 16.3 Å². The van der Waals surface area contributed by atoms with E-state index in [0.29, 0.717) is 27.7 Å². The lowest BCUT2D eigenvalue weighted by molar-refractivity contribution is -0.139. The van der Waals surface area contributed by atoms with Gasteiger partial charge in [-0.2, -0.15) is 0 Å². The summed E-state index contributed by atoms with van der Waals surface area (Å²) in [7, 11) is 0. The van der Waals surface area contributed by atoms with Gasteiger partial charge in [0.1, 0.15) is 5.75 Å². The van der Waals surface area contributed by atoms with Gasteiger partial charge in [0.25, 0.3) is 5.91 Å². The number of hydrogen-bond acceptors (Lipinski definition) is 7. The number of carbonyl (C=O) groups is 2. The molecule has 0 fully saturated rings. The number of halogens is 1. The topological polar surface area (TPSA) is 80.2 Å². The van der Waals surface area contributed by atoms with E-state index in [1.165, 1.54) is 11.8 Å². The number of rotatable bonds is 7. The molecule has 1 atom stereocenters. The van der Waals surface area contributed by atoms with Gasteiger partial charge < -0.3 is 19.7 Å². The Labute approximate surface area is 207 Å². The second kappa shape index (κ2) is 10.4. The molecular weight excluding hydrogens is 474 g/mol. The first-order valence-electron chi connectivity index (χ1n) is 10.7. The minimum Gasteiger partial charge on any atom is -0.484 e. The Kier molecular flexibility index (Phi) is 7.29. The van der Waals surface area contributed by atoms with Crippen molar-refractivity contribution >= 4 is 46.1 Å². The van der Waals surface area contributed by atoms with Crippen LogP contribution < -0.4 is 10.1 Å². The lowest BCUT2D eigenvalue weighted by atomic mass is 9.95. The van der Waals surface area contributed by atoms with Gasteiger partial charge in [-0.25, -0.2) is 9.79 Å². The van der Waals surface area contributed by atoms with Gasteiger partial charge in [0.2, 0.25) is 0 Å². The molecule has 2 aliphatic heterocycles. The predicted octanol–water partition coefficient (Wildman–Crippen LogP) is 5.43. The number of thioether (sulfide) groups is 1. The van der Waals surface area contributed by atoms with Crippen molar-refractivity contribution < 1.29 is 19.1 Å². The van der Waals surface area contributed by atoms with Crippen LogP contribution in [0.3, 0.4) is 0 Å². The van der Waals surface area contributed by atoms with Crippen LogP contribution in [0.5, 0.6) is 5.75 Å². The summed E-state index contributed by atoms with van der Waals surface area (Å²) in [6.07, 6.45) is 1.91. The molecule has 0 saturated carbocycles. The molecule has 2 heterocycles. The maximum absolute atomic E-state index is 12.7. The summed E-state index contributed by atoms with van der Waals surface area (Å²) < 4.78 is 11.0. The minimum absolute atomic E-state index is 0.149. The molecule has 0 spiro atoms. The van der Waals surface area contributed by atoms with Crippen LogP contribution in [0.1, 0.15) is 31.0 Å². The maximum Gasteiger partial charge on any atom is 0.338 e. The summed E-state index contributed by atoms with van der Waals surface area (Å²) in [5.41, 5.74) is 3.47. The summed E-state index contributed by atoms with van der Waals surface area (Å²) in [6, 6.07) is 12.3. The molecule has 34 heavy (non-hydrogen) atoms. The largest absolute Gasteiger partial charge is 0.484 e. The van der Waals surface area contributed by atoms with E-state index in [1.807, 2.05) is 42.5 Å². The zero-order valence-corrected chi connectivity index (χ0v) is 20.6. The summed E-state index contributed by atoms with van der Waals surface area (Å²) in [5.74, 6) is -0.132. The van der Waals surface area contributed by atoms with Crippen molar-refractivity contribution in [2.24, 2.45) is 4.99 Å². The minimum atomic E-state index is -0.383. The number of fused-ring (bicyclic) bond motifs is 1. The Bertz CT molecular complexity index is 1210. The highest BCUT2D eigenvalue weighted by molar-refractivity contribution is 8.16. The Hall–Kier alpha value is -3.23. The van der Waals surface area contributed by atoms with Crippen LogP contribution >= 0.6 is 23.4 Å². The fourth-order valence-corrected chi connectivity index (χ4v) is 4.69. The van der Waals surface area contributed by atoms with Crippen LogP contribution in [0.25, 0.3) is 0 Å². The number of amidine groups is 1. The number of esters is 1. The van der Waals surface area contributed by atoms with E-state index in [4.69, 9.17) is 21.1 Å². The fourth-order valence-electron chi connectivity index (χ4n) is 3.72. The lowest BCUT2D eigenvalue weighted by Gasteiger charge is -2.33. The molecule has 0 aromatic heterocycles. The fraction of sp³-hybridized carbons (Fsp3) is 0.240. The molecule has 1 amide bonds. The first kappa shape index (κ1) is 23.9. The number of ether oxygens (including phenoxy) is 2. The Morgan fingerprint density at radius 2 is 1.94 bits per heavy atom. The van der Waals surface area contributed by atoms with Crippen molar-refractivity contribution in [3.05, 3.63) is 81.5 Å². The SMILES string of the molecule is CCOC(=O)C1=C(C)N=C2SC=CN2C1c1ccc(OCC(=O)Nc2cccc(Cl)c2C)cc1. The highest BCUT2D eigenvalue weighted by Crippen LogP contribution is 2.41. The van der Waals surface area contributed by atoms with Crippen molar-refractivity contribution in [3.8, 4) is 5.75 Å². The molecule has 7 nitrogen and oxygen atoms in total. The molecule has 0 saturated heterocycles. The average molecular weight is 498 g/mol. The molecule has 1 unspecified atom stereocenters. The first-order valence-corrected chi connectivity index (χ1v) is 12.0. The molecule has 2 aliphatic rings. The van der Waals surface area contributed by atoms with Crippen molar-refractivity contribution in [1.82, 2.24) is 4.90 Å². The highest BCUT2D eigenvalue weighted by Gasteiger charge is 2.37. The molecule has 2 aromatic carbocycles. The van der Waals surface area contributed by atoms with Gasteiger partial charge in [0.05, 0.1) is 23.9 Å².